The lowest BCUT2D eigenvalue weighted by molar-refractivity contribution is -0.384. The number of halogens is 1. The first kappa shape index (κ1) is 17.6. The Morgan fingerprint density at radius 2 is 1.69 bits per heavy atom. The van der Waals surface area contributed by atoms with Gasteiger partial charge in [0.25, 0.3) is 5.69 Å². The summed E-state index contributed by atoms with van der Waals surface area (Å²) in [7, 11) is 0. The maximum atomic E-state index is 12.9. The van der Waals surface area contributed by atoms with Gasteiger partial charge in [0.05, 0.1) is 4.92 Å². The summed E-state index contributed by atoms with van der Waals surface area (Å²) in [5.41, 5.74) is 1.40. The highest BCUT2D eigenvalue weighted by molar-refractivity contribution is 5.92. The number of nitro groups is 1. The number of nitrogens with zero attached hydrogens (tertiary/aromatic N) is 3. The van der Waals surface area contributed by atoms with E-state index in [-0.39, 0.29) is 17.4 Å². The lowest BCUT2D eigenvalue weighted by Gasteiger charge is -2.35. The van der Waals surface area contributed by atoms with E-state index in [0.29, 0.717) is 31.9 Å². The number of hydrogen-bond donors (Lipinski definition) is 0. The van der Waals surface area contributed by atoms with Gasteiger partial charge in [-0.15, -0.1) is 0 Å². The molecule has 0 bridgehead atoms. The number of benzene rings is 2. The minimum absolute atomic E-state index is 0.0727. The molecule has 2 aromatic rings. The fourth-order valence-corrected chi connectivity index (χ4v) is 2.90. The van der Waals surface area contributed by atoms with Gasteiger partial charge in [0.1, 0.15) is 11.5 Å². The van der Waals surface area contributed by atoms with E-state index in [0.717, 1.165) is 5.56 Å². The molecule has 0 saturated carbocycles. The first-order valence-electron chi connectivity index (χ1n) is 8.25. The molecule has 26 heavy (non-hydrogen) atoms. The third-order valence-corrected chi connectivity index (χ3v) is 4.30. The van der Waals surface area contributed by atoms with Gasteiger partial charge in [0.2, 0.25) is 5.91 Å². The molecule has 1 heterocycles. The van der Waals surface area contributed by atoms with E-state index in [1.54, 1.807) is 41.3 Å². The van der Waals surface area contributed by atoms with Crippen LogP contribution in [0.25, 0.3) is 6.08 Å². The van der Waals surface area contributed by atoms with Crippen LogP contribution in [0, 0.1) is 15.9 Å². The number of para-hydroxylation sites is 2. The van der Waals surface area contributed by atoms with Crippen molar-refractivity contribution in [1.82, 2.24) is 4.90 Å². The van der Waals surface area contributed by atoms with Crippen LogP contribution in [0.5, 0.6) is 0 Å². The van der Waals surface area contributed by atoms with Crippen LogP contribution in [0.15, 0.2) is 54.6 Å². The summed E-state index contributed by atoms with van der Waals surface area (Å²) in [6, 6.07) is 12.5. The zero-order valence-corrected chi connectivity index (χ0v) is 14.0. The van der Waals surface area contributed by atoms with Crippen molar-refractivity contribution in [3.05, 3.63) is 76.1 Å². The van der Waals surface area contributed by atoms with Crippen molar-refractivity contribution in [2.24, 2.45) is 0 Å². The molecule has 6 nitrogen and oxygen atoms in total. The third kappa shape index (κ3) is 4.05. The van der Waals surface area contributed by atoms with E-state index in [1.165, 1.54) is 24.3 Å². The van der Waals surface area contributed by atoms with E-state index in [4.69, 9.17) is 0 Å². The number of carbonyl (C=O) groups is 1. The van der Waals surface area contributed by atoms with Crippen LogP contribution in [0.1, 0.15) is 5.56 Å². The minimum Gasteiger partial charge on any atom is -0.362 e. The molecule has 1 aliphatic heterocycles. The largest absolute Gasteiger partial charge is 0.362 e. The van der Waals surface area contributed by atoms with Crippen LogP contribution >= 0.6 is 0 Å². The number of rotatable bonds is 4. The summed E-state index contributed by atoms with van der Waals surface area (Å²) in [4.78, 5) is 26.7. The first-order valence-corrected chi connectivity index (χ1v) is 8.25. The van der Waals surface area contributed by atoms with E-state index < -0.39 is 4.92 Å². The lowest BCUT2D eigenvalue weighted by Crippen LogP contribution is -2.48. The SMILES string of the molecule is O=C(/C=C/c1ccc(F)cc1)N1CCN(c2ccccc2[N+](=O)[O-])CC1. The molecule has 0 aliphatic carbocycles. The molecule has 7 heteroatoms. The second-order valence-corrected chi connectivity index (χ2v) is 5.94. The van der Waals surface area contributed by atoms with Crippen molar-refractivity contribution in [3.8, 4) is 0 Å². The van der Waals surface area contributed by atoms with Crippen LogP contribution < -0.4 is 4.90 Å². The summed E-state index contributed by atoms with van der Waals surface area (Å²) in [6.07, 6.45) is 3.12. The van der Waals surface area contributed by atoms with E-state index in [2.05, 4.69) is 0 Å². The van der Waals surface area contributed by atoms with Crippen molar-refractivity contribution in [1.29, 1.82) is 0 Å². The lowest BCUT2D eigenvalue weighted by atomic mass is 10.2. The first-order chi connectivity index (χ1) is 12.5. The highest BCUT2D eigenvalue weighted by Gasteiger charge is 2.24. The summed E-state index contributed by atoms with van der Waals surface area (Å²) in [5, 5.41) is 11.2. The molecule has 3 rings (SSSR count). The van der Waals surface area contributed by atoms with Gasteiger partial charge in [0.15, 0.2) is 0 Å². The number of nitro benzene ring substituents is 1. The standard InChI is InChI=1S/C19H18FN3O3/c20-16-8-5-15(6-9-16)7-10-19(24)22-13-11-21(12-14-22)17-3-1-2-4-18(17)23(25)26/h1-10H,11-14H2/b10-7+. The van der Waals surface area contributed by atoms with Crippen LogP contribution in [0.3, 0.4) is 0 Å². The van der Waals surface area contributed by atoms with Crippen LogP contribution in [-0.2, 0) is 4.79 Å². The summed E-state index contributed by atoms with van der Waals surface area (Å²) in [6.45, 7) is 2.03. The van der Waals surface area contributed by atoms with Gasteiger partial charge in [-0.2, -0.15) is 0 Å². The van der Waals surface area contributed by atoms with Crippen molar-refractivity contribution in [3.63, 3.8) is 0 Å². The summed E-state index contributed by atoms with van der Waals surface area (Å²) in [5.74, 6) is -0.448. The van der Waals surface area contributed by atoms with Crippen molar-refractivity contribution >= 4 is 23.4 Å². The predicted molar refractivity (Wildman–Crippen MR) is 97.3 cm³/mol. The Morgan fingerprint density at radius 1 is 1.04 bits per heavy atom. The van der Waals surface area contributed by atoms with Gasteiger partial charge in [-0.25, -0.2) is 4.39 Å². The molecule has 0 radical (unpaired) electrons. The zero-order chi connectivity index (χ0) is 18.5. The smallest absolute Gasteiger partial charge is 0.292 e. The van der Waals surface area contributed by atoms with Gasteiger partial charge in [-0.3, -0.25) is 14.9 Å². The maximum absolute atomic E-state index is 12.9. The highest BCUT2D eigenvalue weighted by atomic mass is 19.1. The molecule has 1 amide bonds. The van der Waals surface area contributed by atoms with E-state index >= 15 is 0 Å². The molecule has 0 N–H and O–H groups in total. The Labute approximate surface area is 150 Å². The number of amides is 1. The Bertz CT molecular complexity index is 828. The molecule has 2 aromatic carbocycles. The van der Waals surface area contributed by atoms with Crippen molar-refractivity contribution in [2.45, 2.75) is 0 Å². The molecule has 1 saturated heterocycles. The van der Waals surface area contributed by atoms with E-state index in [1.807, 2.05) is 4.90 Å². The van der Waals surface area contributed by atoms with Gasteiger partial charge < -0.3 is 9.80 Å². The number of piperazine rings is 1. The normalized spacial score (nSPS) is 14.7. The molecule has 0 aromatic heterocycles. The van der Waals surface area contributed by atoms with Crippen LogP contribution in [-0.4, -0.2) is 41.9 Å². The molecule has 1 aliphatic rings. The fourth-order valence-electron chi connectivity index (χ4n) is 2.90. The number of carbonyl (C=O) groups excluding carboxylic acids is 1. The predicted octanol–water partition coefficient (Wildman–Crippen LogP) is 3.10. The Kier molecular flexibility index (Phi) is 5.26. The Balaban J connectivity index is 1.61. The van der Waals surface area contributed by atoms with Crippen LogP contribution in [0.2, 0.25) is 0 Å². The summed E-state index contributed by atoms with van der Waals surface area (Å²) < 4.78 is 12.9. The Hall–Kier alpha value is -3.22. The summed E-state index contributed by atoms with van der Waals surface area (Å²) >= 11 is 0. The van der Waals surface area contributed by atoms with Gasteiger partial charge in [0, 0.05) is 38.3 Å². The molecular weight excluding hydrogens is 337 g/mol. The topological polar surface area (TPSA) is 66.7 Å². The third-order valence-electron chi connectivity index (χ3n) is 4.30. The molecule has 0 spiro atoms. The number of hydrogen-bond acceptors (Lipinski definition) is 4. The maximum Gasteiger partial charge on any atom is 0.292 e. The van der Waals surface area contributed by atoms with Gasteiger partial charge in [-0.1, -0.05) is 24.3 Å². The second kappa shape index (κ2) is 7.77. The van der Waals surface area contributed by atoms with Gasteiger partial charge >= 0.3 is 0 Å². The fraction of sp³-hybridized carbons (Fsp3) is 0.211. The highest BCUT2D eigenvalue weighted by Crippen LogP contribution is 2.28. The Morgan fingerprint density at radius 3 is 2.35 bits per heavy atom. The van der Waals surface area contributed by atoms with Crippen LogP contribution in [0.4, 0.5) is 15.8 Å². The zero-order valence-electron chi connectivity index (χ0n) is 14.0. The van der Waals surface area contributed by atoms with E-state index in [9.17, 15) is 19.3 Å². The van der Waals surface area contributed by atoms with Gasteiger partial charge in [-0.05, 0) is 29.8 Å². The quantitative estimate of drug-likeness (QED) is 0.480. The monoisotopic (exact) mass is 355 g/mol. The second-order valence-electron chi connectivity index (χ2n) is 5.94. The minimum atomic E-state index is -0.391. The van der Waals surface area contributed by atoms with Crippen molar-refractivity contribution < 1.29 is 14.1 Å². The molecule has 1 fully saturated rings. The van der Waals surface area contributed by atoms with Crippen molar-refractivity contribution in [2.75, 3.05) is 31.1 Å². The molecule has 134 valence electrons. The molecule has 0 unspecified atom stereocenters. The average Bonchev–Trinajstić information content (AvgIpc) is 2.67. The number of anilines is 1. The average molecular weight is 355 g/mol. The molecular formula is C19H18FN3O3. The molecule has 0 atom stereocenters.